The first kappa shape index (κ1) is 14.6. The fourth-order valence-electron chi connectivity index (χ4n) is 2.07. The van der Waals surface area contributed by atoms with Gasteiger partial charge in [0.05, 0.1) is 5.69 Å². The second-order valence-corrected chi connectivity index (χ2v) is 5.90. The van der Waals surface area contributed by atoms with Gasteiger partial charge in [-0.3, -0.25) is 4.68 Å². The van der Waals surface area contributed by atoms with Gasteiger partial charge in [-0.1, -0.05) is 40.5 Å². The van der Waals surface area contributed by atoms with Crippen molar-refractivity contribution in [2.45, 2.75) is 25.8 Å². The Balaban J connectivity index is 2.20. The normalized spacial score (nSPS) is 12.7. The van der Waals surface area contributed by atoms with E-state index in [-0.39, 0.29) is 6.04 Å². The van der Waals surface area contributed by atoms with E-state index in [0.29, 0.717) is 5.02 Å². The molecule has 0 fully saturated rings. The van der Waals surface area contributed by atoms with Crippen LogP contribution < -0.4 is 5.73 Å². The van der Waals surface area contributed by atoms with E-state index in [1.165, 1.54) is 0 Å². The highest BCUT2D eigenvalue weighted by atomic mass is 79.9. The summed E-state index contributed by atoms with van der Waals surface area (Å²) < 4.78 is 2.85. The fraction of sp³-hybridized carbons (Fsp3) is 0.357. The van der Waals surface area contributed by atoms with Crippen molar-refractivity contribution in [1.82, 2.24) is 9.78 Å². The first-order valence-electron chi connectivity index (χ1n) is 6.23. The van der Waals surface area contributed by atoms with Gasteiger partial charge in [0.25, 0.3) is 0 Å². The van der Waals surface area contributed by atoms with E-state index >= 15 is 0 Å². The summed E-state index contributed by atoms with van der Waals surface area (Å²) >= 11 is 9.63. The predicted octanol–water partition coefficient (Wildman–Crippen LogP) is 3.64. The van der Waals surface area contributed by atoms with Crippen LogP contribution in [0.3, 0.4) is 0 Å². The summed E-state index contributed by atoms with van der Waals surface area (Å²) in [5.41, 5.74) is 9.44. The third-order valence-corrected chi connectivity index (χ3v) is 4.00. The van der Waals surface area contributed by atoms with Crippen LogP contribution in [0.25, 0.3) is 0 Å². The SMILES string of the molecule is CCc1cc(CC(N)c2ccc(Br)cc2Cl)n(C)n1. The van der Waals surface area contributed by atoms with Crippen LogP contribution in [0.1, 0.15) is 29.9 Å². The molecule has 0 bridgehead atoms. The molecule has 5 heteroatoms. The van der Waals surface area contributed by atoms with Crippen LogP contribution in [0.15, 0.2) is 28.7 Å². The Morgan fingerprint density at radius 3 is 2.74 bits per heavy atom. The zero-order chi connectivity index (χ0) is 14.0. The molecule has 0 amide bonds. The second kappa shape index (κ2) is 6.07. The van der Waals surface area contributed by atoms with Gasteiger partial charge in [0.15, 0.2) is 0 Å². The third kappa shape index (κ3) is 3.38. The average molecular weight is 343 g/mol. The van der Waals surface area contributed by atoms with Crippen molar-refractivity contribution in [3.8, 4) is 0 Å². The molecule has 1 atom stereocenters. The molecular formula is C14H17BrClN3. The van der Waals surface area contributed by atoms with E-state index < -0.39 is 0 Å². The molecule has 0 saturated heterocycles. The second-order valence-electron chi connectivity index (χ2n) is 4.58. The molecule has 2 rings (SSSR count). The molecule has 3 nitrogen and oxygen atoms in total. The Hall–Kier alpha value is -0.840. The summed E-state index contributed by atoms with van der Waals surface area (Å²) in [5, 5.41) is 5.13. The topological polar surface area (TPSA) is 43.8 Å². The van der Waals surface area contributed by atoms with Gasteiger partial charge in [0.2, 0.25) is 0 Å². The number of benzene rings is 1. The molecule has 1 heterocycles. The lowest BCUT2D eigenvalue weighted by Crippen LogP contribution is -2.15. The van der Waals surface area contributed by atoms with E-state index in [9.17, 15) is 0 Å². The van der Waals surface area contributed by atoms with Crippen molar-refractivity contribution in [3.63, 3.8) is 0 Å². The number of rotatable bonds is 4. The minimum Gasteiger partial charge on any atom is -0.324 e. The molecule has 0 radical (unpaired) electrons. The van der Waals surface area contributed by atoms with Crippen molar-refractivity contribution in [1.29, 1.82) is 0 Å². The molecule has 0 aliphatic rings. The highest BCUT2D eigenvalue weighted by Crippen LogP contribution is 2.27. The molecule has 1 unspecified atom stereocenters. The van der Waals surface area contributed by atoms with E-state index in [1.807, 2.05) is 29.9 Å². The number of nitrogens with zero attached hydrogens (tertiary/aromatic N) is 2. The zero-order valence-corrected chi connectivity index (χ0v) is 13.4. The molecule has 19 heavy (non-hydrogen) atoms. The highest BCUT2D eigenvalue weighted by molar-refractivity contribution is 9.10. The van der Waals surface area contributed by atoms with Crippen LogP contribution in [-0.2, 0) is 19.9 Å². The number of aromatic nitrogens is 2. The van der Waals surface area contributed by atoms with Gasteiger partial charge >= 0.3 is 0 Å². The lowest BCUT2D eigenvalue weighted by Gasteiger charge is -2.14. The third-order valence-electron chi connectivity index (χ3n) is 3.18. The van der Waals surface area contributed by atoms with Crippen molar-refractivity contribution < 1.29 is 0 Å². The lowest BCUT2D eigenvalue weighted by atomic mass is 10.0. The first-order chi connectivity index (χ1) is 9.01. The first-order valence-corrected chi connectivity index (χ1v) is 7.40. The molecule has 0 aliphatic heterocycles. The summed E-state index contributed by atoms with van der Waals surface area (Å²) in [5.74, 6) is 0. The van der Waals surface area contributed by atoms with Crippen molar-refractivity contribution in [2.75, 3.05) is 0 Å². The minimum absolute atomic E-state index is 0.124. The highest BCUT2D eigenvalue weighted by Gasteiger charge is 2.14. The molecule has 0 aliphatic carbocycles. The Kier molecular flexibility index (Phi) is 4.66. The Morgan fingerprint density at radius 1 is 1.42 bits per heavy atom. The maximum atomic E-state index is 6.26. The van der Waals surface area contributed by atoms with Gasteiger partial charge in [0, 0.05) is 34.7 Å². The van der Waals surface area contributed by atoms with E-state index in [2.05, 4.69) is 34.0 Å². The number of halogens is 2. The summed E-state index contributed by atoms with van der Waals surface area (Å²) in [6.45, 7) is 2.09. The summed E-state index contributed by atoms with van der Waals surface area (Å²) in [4.78, 5) is 0. The van der Waals surface area contributed by atoms with Crippen LogP contribution in [0.4, 0.5) is 0 Å². The summed E-state index contributed by atoms with van der Waals surface area (Å²) in [6, 6.07) is 7.78. The average Bonchev–Trinajstić information content (AvgIpc) is 2.70. The van der Waals surface area contributed by atoms with Crippen molar-refractivity contribution in [2.24, 2.45) is 12.8 Å². The number of aryl methyl sites for hydroxylation is 2. The van der Waals surface area contributed by atoms with Gasteiger partial charge in [-0.2, -0.15) is 5.10 Å². The molecule has 2 aromatic rings. The standard InChI is InChI=1S/C14H17BrClN3/c1-3-10-7-11(19(2)18-10)8-14(17)12-5-4-9(15)6-13(12)16/h4-7,14H,3,8,17H2,1-2H3. The number of hydrogen-bond donors (Lipinski definition) is 1. The molecular weight excluding hydrogens is 326 g/mol. The molecule has 1 aromatic heterocycles. The van der Waals surface area contributed by atoms with E-state index in [0.717, 1.165) is 34.3 Å². The quantitative estimate of drug-likeness (QED) is 0.922. The maximum Gasteiger partial charge on any atom is 0.0624 e. The Bertz CT molecular complexity index is 580. The molecule has 0 saturated carbocycles. The lowest BCUT2D eigenvalue weighted by molar-refractivity contribution is 0.638. The molecule has 2 N–H and O–H groups in total. The van der Waals surface area contributed by atoms with Crippen molar-refractivity contribution >= 4 is 27.5 Å². The fourth-order valence-corrected chi connectivity index (χ4v) is 2.89. The molecule has 102 valence electrons. The summed E-state index contributed by atoms with van der Waals surface area (Å²) in [7, 11) is 1.95. The number of hydrogen-bond acceptors (Lipinski definition) is 2. The zero-order valence-electron chi connectivity index (χ0n) is 11.0. The van der Waals surface area contributed by atoms with Gasteiger partial charge in [-0.05, 0) is 30.2 Å². The van der Waals surface area contributed by atoms with Crippen LogP contribution in [0, 0.1) is 0 Å². The van der Waals surface area contributed by atoms with E-state index in [1.54, 1.807) is 0 Å². The van der Waals surface area contributed by atoms with Crippen LogP contribution in [0.2, 0.25) is 5.02 Å². The monoisotopic (exact) mass is 341 g/mol. The van der Waals surface area contributed by atoms with Crippen molar-refractivity contribution in [3.05, 3.63) is 50.7 Å². The molecule has 1 aromatic carbocycles. The van der Waals surface area contributed by atoms with Gasteiger partial charge in [-0.15, -0.1) is 0 Å². The van der Waals surface area contributed by atoms with Crippen LogP contribution >= 0.6 is 27.5 Å². The minimum atomic E-state index is -0.124. The van der Waals surface area contributed by atoms with Gasteiger partial charge in [-0.25, -0.2) is 0 Å². The summed E-state index contributed by atoms with van der Waals surface area (Å²) in [6.07, 6.45) is 1.66. The Labute approximate surface area is 126 Å². The smallest absolute Gasteiger partial charge is 0.0624 e. The van der Waals surface area contributed by atoms with Crippen LogP contribution in [0.5, 0.6) is 0 Å². The van der Waals surface area contributed by atoms with Gasteiger partial charge in [0.1, 0.15) is 0 Å². The van der Waals surface area contributed by atoms with Gasteiger partial charge < -0.3 is 5.73 Å². The van der Waals surface area contributed by atoms with Crippen LogP contribution in [-0.4, -0.2) is 9.78 Å². The Morgan fingerprint density at radius 2 is 2.16 bits per heavy atom. The predicted molar refractivity (Wildman–Crippen MR) is 82.4 cm³/mol. The maximum absolute atomic E-state index is 6.26. The largest absolute Gasteiger partial charge is 0.324 e. The number of nitrogens with two attached hydrogens (primary N) is 1. The molecule has 0 spiro atoms. The van der Waals surface area contributed by atoms with E-state index in [4.69, 9.17) is 17.3 Å².